The molecule has 0 atom stereocenters. The lowest BCUT2D eigenvalue weighted by Gasteiger charge is -2.19. The van der Waals surface area contributed by atoms with E-state index in [2.05, 4.69) is 6.07 Å². The summed E-state index contributed by atoms with van der Waals surface area (Å²) >= 11 is 5.31. The molecule has 0 N–H and O–H groups in total. The second-order valence-corrected chi connectivity index (χ2v) is 4.38. The normalized spacial score (nSPS) is 13.4. The van der Waals surface area contributed by atoms with Crippen LogP contribution in [0.25, 0.3) is 0 Å². The Morgan fingerprint density at radius 1 is 1.47 bits per heavy atom. The third-order valence-corrected chi connectivity index (χ3v) is 3.15. The Morgan fingerprint density at radius 3 is 3.00 bits per heavy atom. The molecule has 0 unspecified atom stereocenters. The quantitative estimate of drug-likeness (QED) is 0.607. The second kappa shape index (κ2) is 5.27. The number of carbonyl (C=O) groups is 1. The van der Waals surface area contributed by atoms with E-state index in [-0.39, 0.29) is 12.4 Å². The summed E-state index contributed by atoms with van der Waals surface area (Å²) in [4.78, 5) is 14.1. The highest BCUT2D eigenvalue weighted by Gasteiger charge is 2.23. The summed E-state index contributed by atoms with van der Waals surface area (Å²) < 4.78 is 4.91. The van der Waals surface area contributed by atoms with E-state index in [4.69, 9.17) is 17.0 Å². The number of fused-ring (bicyclic) bond motifs is 1. The van der Waals surface area contributed by atoms with Crippen LogP contribution in [0.5, 0.6) is 0 Å². The zero-order valence-electron chi connectivity index (χ0n) is 9.81. The van der Waals surface area contributed by atoms with Crippen LogP contribution >= 0.6 is 12.2 Å². The van der Waals surface area contributed by atoms with Crippen molar-refractivity contribution in [1.82, 2.24) is 0 Å². The number of carbonyl (C=O) groups excluding carboxylic acids is 1. The largest absolute Gasteiger partial charge is 0.466 e. The topological polar surface area (TPSA) is 29.5 Å². The van der Waals surface area contributed by atoms with Gasteiger partial charge in [0, 0.05) is 12.2 Å². The highest BCUT2D eigenvalue weighted by molar-refractivity contribution is 7.80. The molecule has 1 heterocycles. The van der Waals surface area contributed by atoms with Gasteiger partial charge < -0.3 is 9.64 Å². The molecular weight excluding hydrogens is 234 g/mol. The van der Waals surface area contributed by atoms with E-state index in [1.807, 2.05) is 23.1 Å². The van der Waals surface area contributed by atoms with E-state index in [1.165, 1.54) is 5.56 Å². The number of para-hydroxylation sites is 1. The standard InChI is InChI=1S/C13H15NO2S/c1-2-16-13(15)9-12(17)14-8-7-10-5-3-4-6-11(10)14/h3-6H,2,7-9H2,1H3. The number of thiocarbonyl (C=S) groups is 1. The smallest absolute Gasteiger partial charge is 0.312 e. The van der Waals surface area contributed by atoms with Gasteiger partial charge in [0.2, 0.25) is 0 Å². The van der Waals surface area contributed by atoms with E-state index in [0.717, 1.165) is 18.7 Å². The lowest BCUT2D eigenvalue weighted by molar-refractivity contribution is -0.141. The van der Waals surface area contributed by atoms with Crippen molar-refractivity contribution >= 4 is 28.9 Å². The molecule has 1 aliphatic rings. The molecule has 0 bridgehead atoms. The molecule has 0 spiro atoms. The van der Waals surface area contributed by atoms with Gasteiger partial charge in [0.15, 0.2) is 0 Å². The van der Waals surface area contributed by atoms with Crippen molar-refractivity contribution in [2.75, 3.05) is 18.1 Å². The SMILES string of the molecule is CCOC(=O)CC(=S)N1CCc2ccccc21. The predicted molar refractivity (Wildman–Crippen MR) is 71.3 cm³/mol. The summed E-state index contributed by atoms with van der Waals surface area (Å²) in [7, 11) is 0. The van der Waals surface area contributed by atoms with Gasteiger partial charge in [-0.15, -0.1) is 0 Å². The van der Waals surface area contributed by atoms with Crippen LogP contribution < -0.4 is 4.90 Å². The Balaban J connectivity index is 2.05. The fraction of sp³-hybridized carbons (Fsp3) is 0.385. The molecule has 1 aromatic rings. The summed E-state index contributed by atoms with van der Waals surface area (Å²) in [6.07, 6.45) is 1.18. The van der Waals surface area contributed by atoms with Gasteiger partial charge in [-0.05, 0) is 25.0 Å². The third kappa shape index (κ3) is 2.64. The Kier molecular flexibility index (Phi) is 3.74. The first-order chi connectivity index (χ1) is 8.22. The molecule has 0 saturated heterocycles. The maximum atomic E-state index is 11.4. The number of esters is 1. The van der Waals surface area contributed by atoms with Gasteiger partial charge in [0.05, 0.1) is 18.0 Å². The van der Waals surface area contributed by atoms with E-state index >= 15 is 0 Å². The van der Waals surface area contributed by atoms with Crippen molar-refractivity contribution in [2.45, 2.75) is 19.8 Å². The Labute approximate surface area is 106 Å². The van der Waals surface area contributed by atoms with Crippen LogP contribution in [0.15, 0.2) is 24.3 Å². The Morgan fingerprint density at radius 2 is 2.24 bits per heavy atom. The summed E-state index contributed by atoms with van der Waals surface area (Å²) in [6.45, 7) is 3.06. The molecular formula is C13H15NO2S. The number of hydrogen-bond acceptors (Lipinski definition) is 3. The van der Waals surface area contributed by atoms with Crippen LogP contribution in [0.3, 0.4) is 0 Å². The molecule has 0 amide bonds. The molecule has 2 rings (SSSR count). The van der Waals surface area contributed by atoms with Gasteiger partial charge in [0.25, 0.3) is 0 Å². The number of rotatable bonds is 3. The van der Waals surface area contributed by atoms with E-state index in [9.17, 15) is 4.79 Å². The number of benzene rings is 1. The summed E-state index contributed by atoms with van der Waals surface area (Å²) in [5.74, 6) is -0.248. The zero-order chi connectivity index (χ0) is 12.3. The molecule has 0 saturated carbocycles. The van der Waals surface area contributed by atoms with Crippen LogP contribution in [0, 0.1) is 0 Å². The number of nitrogens with zero attached hydrogens (tertiary/aromatic N) is 1. The fourth-order valence-electron chi connectivity index (χ4n) is 2.03. The van der Waals surface area contributed by atoms with Crippen molar-refractivity contribution < 1.29 is 9.53 Å². The first-order valence-electron chi connectivity index (χ1n) is 5.76. The average Bonchev–Trinajstić information content (AvgIpc) is 2.72. The van der Waals surface area contributed by atoms with Gasteiger partial charge in [0.1, 0.15) is 0 Å². The van der Waals surface area contributed by atoms with Gasteiger partial charge in [-0.25, -0.2) is 0 Å². The van der Waals surface area contributed by atoms with E-state index in [1.54, 1.807) is 6.92 Å². The minimum Gasteiger partial charge on any atom is -0.466 e. The van der Waals surface area contributed by atoms with Gasteiger partial charge in [-0.3, -0.25) is 4.79 Å². The number of anilines is 1. The third-order valence-electron chi connectivity index (χ3n) is 2.79. The maximum absolute atomic E-state index is 11.4. The Hall–Kier alpha value is -1.42. The summed E-state index contributed by atoms with van der Waals surface area (Å²) in [5.41, 5.74) is 2.42. The van der Waals surface area contributed by atoms with Crippen molar-refractivity contribution in [3.8, 4) is 0 Å². The molecule has 4 heteroatoms. The highest BCUT2D eigenvalue weighted by Crippen LogP contribution is 2.28. The van der Waals surface area contributed by atoms with Crippen molar-refractivity contribution in [3.63, 3.8) is 0 Å². The summed E-state index contributed by atoms with van der Waals surface area (Å²) in [6, 6.07) is 8.16. The molecule has 0 aromatic heterocycles. The van der Waals surface area contributed by atoms with Gasteiger partial charge >= 0.3 is 5.97 Å². The molecule has 3 nitrogen and oxygen atoms in total. The number of hydrogen-bond donors (Lipinski definition) is 0. The van der Waals surface area contributed by atoms with Crippen LogP contribution in [-0.4, -0.2) is 24.1 Å². The van der Waals surface area contributed by atoms with Crippen molar-refractivity contribution in [3.05, 3.63) is 29.8 Å². The van der Waals surface area contributed by atoms with Crippen LogP contribution in [0.2, 0.25) is 0 Å². The summed E-state index contributed by atoms with van der Waals surface area (Å²) in [5, 5.41) is 0. The molecule has 90 valence electrons. The fourth-order valence-corrected chi connectivity index (χ4v) is 2.34. The van der Waals surface area contributed by atoms with Crippen LogP contribution in [-0.2, 0) is 16.0 Å². The lowest BCUT2D eigenvalue weighted by atomic mass is 10.2. The van der Waals surface area contributed by atoms with Gasteiger partial charge in [-0.1, -0.05) is 30.4 Å². The highest BCUT2D eigenvalue weighted by atomic mass is 32.1. The average molecular weight is 249 g/mol. The molecule has 0 fully saturated rings. The minimum absolute atomic E-state index is 0.192. The first kappa shape index (κ1) is 12.0. The molecule has 0 aliphatic carbocycles. The molecule has 1 aliphatic heterocycles. The molecule has 17 heavy (non-hydrogen) atoms. The predicted octanol–water partition coefficient (Wildman–Crippen LogP) is 2.33. The maximum Gasteiger partial charge on any atom is 0.312 e. The van der Waals surface area contributed by atoms with Crippen molar-refractivity contribution in [1.29, 1.82) is 0 Å². The first-order valence-corrected chi connectivity index (χ1v) is 6.17. The zero-order valence-corrected chi connectivity index (χ0v) is 10.6. The van der Waals surface area contributed by atoms with E-state index in [0.29, 0.717) is 11.6 Å². The van der Waals surface area contributed by atoms with Crippen LogP contribution in [0.4, 0.5) is 5.69 Å². The number of ether oxygens (including phenoxy) is 1. The minimum atomic E-state index is -0.248. The van der Waals surface area contributed by atoms with E-state index < -0.39 is 0 Å². The van der Waals surface area contributed by atoms with Crippen LogP contribution in [0.1, 0.15) is 18.9 Å². The monoisotopic (exact) mass is 249 g/mol. The lowest BCUT2D eigenvalue weighted by Crippen LogP contribution is -2.29. The molecule has 1 aromatic carbocycles. The Bertz CT molecular complexity index is 445. The van der Waals surface area contributed by atoms with Crippen molar-refractivity contribution in [2.24, 2.45) is 0 Å². The second-order valence-electron chi connectivity index (χ2n) is 3.91. The van der Waals surface area contributed by atoms with Gasteiger partial charge in [-0.2, -0.15) is 0 Å². The molecule has 0 radical (unpaired) electrons.